The molecule has 0 fully saturated rings. The molecule has 15 heteroatoms. The minimum atomic E-state index is -1.32. The maximum absolute atomic E-state index is 15.0. The van der Waals surface area contributed by atoms with Crippen LogP contribution in [0.25, 0.3) is 32.9 Å². The molecule has 0 saturated heterocycles. The van der Waals surface area contributed by atoms with Gasteiger partial charge < -0.3 is 46.4 Å². The highest BCUT2D eigenvalue weighted by Gasteiger charge is 2.34. The molecular formula is C58H55N7O8. The predicted molar refractivity (Wildman–Crippen MR) is 277 cm³/mol. The predicted octanol–water partition coefficient (Wildman–Crippen LogP) is 6.12. The van der Waals surface area contributed by atoms with Gasteiger partial charge in [0.15, 0.2) is 6.61 Å². The molecule has 0 saturated carbocycles. The zero-order valence-electron chi connectivity index (χ0n) is 39.8. The highest BCUT2D eigenvalue weighted by atomic mass is 16.5. The van der Waals surface area contributed by atoms with Gasteiger partial charge in [-0.2, -0.15) is 0 Å². The van der Waals surface area contributed by atoms with E-state index in [2.05, 4.69) is 36.6 Å². The van der Waals surface area contributed by atoms with Crippen molar-refractivity contribution in [3.8, 4) is 16.9 Å². The average Bonchev–Trinajstić information content (AvgIpc) is 4.02. The number of benzene rings is 6. The molecule has 6 aromatic carbocycles. The standard InChI is InChI=1S/C58H55N7O8/c66-53-35-73-43-26-21-38(22-27-43)30-49(54(67)62-48(58(71)72)28-23-36-11-3-1-4-12-36)64-57(70)52(32-42-34-60-47-18-10-8-16-45(42)47)65-55(68)50(29-37-19-24-40(25-20-37)39-13-5-2-6-14-39)63-56(69)51(61-53)31-41-33-59-46-17-9-7-15-44(41)46/h1-22,24-27,33-34,48-52,59-60H,23,28-32,35H2,(H,61,66)(H,62,67)(H,63,69)(H,64,70)(H,65,68)(H,71,72)/t48-,49+,50-,51+,52+/m1/s1. The van der Waals surface area contributed by atoms with Crippen LogP contribution in [0, 0.1) is 0 Å². The van der Waals surface area contributed by atoms with E-state index in [1.807, 2.05) is 133 Å². The average molecular weight is 978 g/mol. The van der Waals surface area contributed by atoms with Gasteiger partial charge in [0.2, 0.25) is 23.6 Å². The first-order valence-electron chi connectivity index (χ1n) is 24.3. The van der Waals surface area contributed by atoms with Crippen LogP contribution in [-0.4, -0.2) is 87.4 Å². The molecule has 0 unspecified atom stereocenters. The summed E-state index contributed by atoms with van der Waals surface area (Å²) in [5, 5.41) is 26.2. The molecule has 2 aliphatic rings. The minimum Gasteiger partial charge on any atom is -0.484 e. The Morgan fingerprint density at radius 1 is 0.562 bits per heavy atom. The topological polar surface area (TPSA) is 224 Å². The van der Waals surface area contributed by atoms with E-state index in [1.165, 1.54) is 0 Å². The largest absolute Gasteiger partial charge is 0.484 e. The first kappa shape index (κ1) is 49.0. The molecule has 5 amide bonds. The number of hydrogen-bond acceptors (Lipinski definition) is 7. The second-order valence-electron chi connectivity index (χ2n) is 18.3. The van der Waals surface area contributed by atoms with Crippen molar-refractivity contribution >= 4 is 57.3 Å². The number of carbonyl (C=O) groups is 6. The molecule has 8 N–H and O–H groups in total. The molecule has 2 aromatic heterocycles. The first-order chi connectivity index (χ1) is 35.5. The molecular weight excluding hydrogens is 923 g/mol. The molecule has 5 atom stereocenters. The summed E-state index contributed by atoms with van der Waals surface area (Å²) in [5.74, 6) is -4.36. The number of hydrogen-bond donors (Lipinski definition) is 8. The van der Waals surface area contributed by atoms with Crippen LogP contribution in [0.3, 0.4) is 0 Å². The lowest BCUT2D eigenvalue weighted by atomic mass is 9.98. The monoisotopic (exact) mass is 977 g/mol. The van der Waals surface area contributed by atoms with Crippen molar-refractivity contribution in [2.45, 2.75) is 68.7 Å². The number of rotatable bonds is 13. The van der Waals surface area contributed by atoms with Crippen molar-refractivity contribution in [3.05, 3.63) is 198 Å². The fourth-order valence-corrected chi connectivity index (χ4v) is 9.22. The number of nitrogens with one attached hydrogen (secondary N) is 7. The molecule has 8 aromatic rings. The number of ether oxygens (including phenoxy) is 1. The summed E-state index contributed by atoms with van der Waals surface area (Å²) in [5.41, 5.74) is 7.19. The van der Waals surface area contributed by atoms with Gasteiger partial charge in [-0.15, -0.1) is 0 Å². The number of aliphatic carboxylic acids is 1. The Morgan fingerprint density at radius 2 is 1.08 bits per heavy atom. The van der Waals surface area contributed by atoms with E-state index < -0.39 is 72.3 Å². The molecule has 0 radical (unpaired) electrons. The van der Waals surface area contributed by atoms with E-state index in [1.54, 1.807) is 36.7 Å². The van der Waals surface area contributed by atoms with E-state index in [9.17, 15) is 29.1 Å². The lowest BCUT2D eigenvalue weighted by Gasteiger charge is -2.27. The van der Waals surface area contributed by atoms with Gasteiger partial charge in [0.25, 0.3) is 5.91 Å². The van der Waals surface area contributed by atoms with E-state index in [0.29, 0.717) is 28.9 Å². The van der Waals surface area contributed by atoms with Crippen LogP contribution in [0.5, 0.6) is 5.75 Å². The Bertz CT molecular complexity index is 3230. The number of fused-ring (bicyclic) bond motifs is 18. The van der Waals surface area contributed by atoms with E-state index in [4.69, 9.17) is 4.74 Å². The van der Waals surface area contributed by atoms with Gasteiger partial charge in [0.05, 0.1) is 0 Å². The second-order valence-corrected chi connectivity index (χ2v) is 18.3. The van der Waals surface area contributed by atoms with Crippen molar-refractivity contribution in [2.75, 3.05) is 6.61 Å². The molecule has 0 spiro atoms. The number of amides is 5. The molecule has 15 nitrogen and oxygen atoms in total. The number of H-pyrrole nitrogens is 2. The van der Waals surface area contributed by atoms with Gasteiger partial charge >= 0.3 is 5.97 Å². The zero-order valence-corrected chi connectivity index (χ0v) is 39.8. The summed E-state index contributed by atoms with van der Waals surface area (Å²) in [7, 11) is 0. The summed E-state index contributed by atoms with van der Waals surface area (Å²) < 4.78 is 5.88. The smallest absolute Gasteiger partial charge is 0.326 e. The maximum atomic E-state index is 15.0. The van der Waals surface area contributed by atoms with Gasteiger partial charge in [0, 0.05) is 59.9 Å². The lowest BCUT2D eigenvalue weighted by Crippen LogP contribution is -2.60. The van der Waals surface area contributed by atoms with E-state index in [0.717, 1.165) is 44.1 Å². The van der Waals surface area contributed by atoms with Crippen LogP contribution >= 0.6 is 0 Å². The number of aromatic amines is 2. The summed E-state index contributed by atoms with van der Waals surface area (Å²) in [6.07, 6.45) is 3.91. The van der Waals surface area contributed by atoms with Crippen LogP contribution in [0.2, 0.25) is 0 Å². The normalized spacial score (nSPS) is 18.2. The Kier molecular flexibility index (Phi) is 15.3. The highest BCUT2D eigenvalue weighted by molar-refractivity contribution is 5.97. The van der Waals surface area contributed by atoms with Crippen molar-refractivity contribution in [1.29, 1.82) is 0 Å². The van der Waals surface area contributed by atoms with Gasteiger partial charge in [-0.1, -0.05) is 133 Å². The number of carboxylic acid groups (broad SMARTS) is 1. The first-order valence-corrected chi connectivity index (χ1v) is 24.3. The van der Waals surface area contributed by atoms with Crippen LogP contribution < -0.4 is 31.3 Å². The van der Waals surface area contributed by atoms with Crippen molar-refractivity contribution in [1.82, 2.24) is 36.6 Å². The fraction of sp³-hybridized carbons (Fsp3) is 0.207. The molecule has 370 valence electrons. The molecule has 10 rings (SSSR count). The quantitative estimate of drug-likeness (QED) is 0.0628. The van der Waals surface area contributed by atoms with Crippen molar-refractivity contribution < 1.29 is 38.6 Å². The van der Waals surface area contributed by atoms with Gasteiger partial charge in [-0.3, -0.25) is 24.0 Å². The molecule has 2 bridgehead atoms. The SMILES string of the molecule is O=C1COc2ccc(cc2)C[C@@H](C(=O)N[C@H](CCc2ccccc2)C(=O)O)NC(=O)[C@H](Cc2c[nH]c3ccccc23)NC(=O)[C@@H](Cc2ccc(-c3ccccc3)cc2)NC(=O)[C@H](Cc2c[nH]c3ccccc23)N1. The number of aryl methyl sites for hydroxylation is 1. The van der Waals surface area contributed by atoms with Crippen LogP contribution in [0.4, 0.5) is 0 Å². The van der Waals surface area contributed by atoms with Crippen LogP contribution in [0.15, 0.2) is 170 Å². The Balaban J connectivity index is 1.07. The number of aromatic nitrogens is 2. The van der Waals surface area contributed by atoms with Crippen molar-refractivity contribution in [3.63, 3.8) is 0 Å². The number of para-hydroxylation sites is 2. The summed E-state index contributed by atoms with van der Waals surface area (Å²) in [6, 6.07) is 41.9. The highest BCUT2D eigenvalue weighted by Crippen LogP contribution is 2.24. The van der Waals surface area contributed by atoms with E-state index in [-0.39, 0.29) is 32.1 Å². The number of carboxylic acids is 1. The third-order valence-electron chi connectivity index (χ3n) is 13.2. The van der Waals surface area contributed by atoms with Crippen LogP contribution in [0.1, 0.15) is 34.2 Å². The van der Waals surface area contributed by atoms with Gasteiger partial charge in [-0.05, 0) is 76.1 Å². The lowest BCUT2D eigenvalue weighted by molar-refractivity contribution is -0.142. The Labute approximate surface area is 421 Å². The molecule has 73 heavy (non-hydrogen) atoms. The molecule has 2 aliphatic heterocycles. The number of carbonyl (C=O) groups excluding carboxylic acids is 5. The van der Waals surface area contributed by atoms with E-state index >= 15 is 4.79 Å². The van der Waals surface area contributed by atoms with Crippen molar-refractivity contribution in [2.24, 2.45) is 0 Å². The maximum Gasteiger partial charge on any atom is 0.326 e. The summed E-state index contributed by atoms with van der Waals surface area (Å²) >= 11 is 0. The fourth-order valence-electron chi connectivity index (χ4n) is 9.22. The third kappa shape index (κ3) is 12.5. The van der Waals surface area contributed by atoms with Crippen LogP contribution in [-0.2, 0) is 60.9 Å². The summed E-state index contributed by atoms with van der Waals surface area (Å²) in [6.45, 7) is -0.454. The second kappa shape index (κ2) is 22.8. The third-order valence-corrected chi connectivity index (χ3v) is 13.2. The molecule has 0 aliphatic carbocycles. The Hall–Kier alpha value is -8.98. The molecule has 4 heterocycles. The zero-order chi connectivity index (χ0) is 50.7. The van der Waals surface area contributed by atoms with Gasteiger partial charge in [0.1, 0.15) is 36.0 Å². The Morgan fingerprint density at radius 3 is 1.68 bits per heavy atom. The van der Waals surface area contributed by atoms with Gasteiger partial charge in [-0.25, -0.2) is 4.79 Å². The summed E-state index contributed by atoms with van der Waals surface area (Å²) in [4.78, 5) is 91.9. The minimum absolute atomic E-state index is 0.0104.